The standard InChI is InChI=1S/C22H20F3N5O2/c23-22(24,25)12-29-20(31)17-3-1-2-4-19(17)30-16-5-13(8-27-10-16)14-6-18-15(7-26)9-28-21(18)32-11-14/h5-6,8-11,17,19,30H,1-4,12H2,(H,29,31)/t17-,19+/m0/s1. The lowest BCUT2D eigenvalue weighted by atomic mass is 9.83. The number of anilines is 1. The van der Waals surface area contributed by atoms with E-state index in [1.807, 2.05) is 11.4 Å². The van der Waals surface area contributed by atoms with Gasteiger partial charge in [-0.1, -0.05) is 12.8 Å². The molecular weight excluding hydrogens is 423 g/mol. The lowest BCUT2D eigenvalue weighted by Crippen LogP contribution is -2.45. The number of rotatable bonds is 5. The third-order valence-electron chi connectivity index (χ3n) is 5.54. The van der Waals surface area contributed by atoms with E-state index in [-0.39, 0.29) is 6.04 Å². The number of carbonyl (C=O) groups excluding carboxylic acids is 1. The first-order chi connectivity index (χ1) is 15.3. The molecule has 7 nitrogen and oxygen atoms in total. The Hall–Kier alpha value is -3.61. The highest BCUT2D eigenvalue weighted by Gasteiger charge is 2.34. The summed E-state index contributed by atoms with van der Waals surface area (Å²) in [6, 6.07) is 5.39. The minimum absolute atomic E-state index is 0.300. The van der Waals surface area contributed by atoms with Crippen LogP contribution < -0.4 is 10.6 Å². The molecule has 10 heteroatoms. The summed E-state index contributed by atoms with van der Waals surface area (Å²) in [4.78, 5) is 20.7. The number of alkyl halides is 3. The Bertz CT molecular complexity index is 1120. The van der Waals surface area contributed by atoms with Crippen molar-refractivity contribution in [3.05, 3.63) is 42.5 Å². The summed E-state index contributed by atoms with van der Waals surface area (Å²) in [7, 11) is 0. The molecule has 0 unspecified atom stereocenters. The van der Waals surface area contributed by atoms with Crippen LogP contribution in [-0.2, 0) is 4.79 Å². The van der Waals surface area contributed by atoms with Gasteiger partial charge >= 0.3 is 6.18 Å². The molecule has 1 fully saturated rings. The van der Waals surface area contributed by atoms with Crippen molar-refractivity contribution < 1.29 is 22.4 Å². The van der Waals surface area contributed by atoms with Gasteiger partial charge in [-0.2, -0.15) is 18.4 Å². The van der Waals surface area contributed by atoms with Crippen molar-refractivity contribution in [2.24, 2.45) is 5.92 Å². The maximum atomic E-state index is 12.5. The van der Waals surface area contributed by atoms with Gasteiger partial charge in [-0.15, -0.1) is 0 Å². The molecule has 4 rings (SSSR count). The number of halogens is 3. The minimum Gasteiger partial charge on any atom is -0.445 e. The van der Waals surface area contributed by atoms with Crippen LogP contribution in [0.5, 0.6) is 0 Å². The number of pyridine rings is 1. The van der Waals surface area contributed by atoms with Gasteiger partial charge in [0.2, 0.25) is 11.8 Å². The number of amides is 1. The number of nitrogens with zero attached hydrogens (tertiary/aromatic N) is 3. The Kier molecular flexibility index (Phi) is 5.99. The maximum absolute atomic E-state index is 12.5. The summed E-state index contributed by atoms with van der Waals surface area (Å²) in [5.41, 5.74) is 3.06. The van der Waals surface area contributed by atoms with Gasteiger partial charge in [-0.25, -0.2) is 4.98 Å². The van der Waals surface area contributed by atoms with Gasteiger partial charge in [0.25, 0.3) is 0 Å². The highest BCUT2D eigenvalue weighted by Crippen LogP contribution is 2.32. The van der Waals surface area contributed by atoms with Crippen molar-refractivity contribution in [3.63, 3.8) is 0 Å². The summed E-state index contributed by atoms with van der Waals surface area (Å²) in [5, 5.41) is 14.5. The van der Waals surface area contributed by atoms with Crippen molar-refractivity contribution in [2.45, 2.75) is 37.9 Å². The highest BCUT2D eigenvalue weighted by atomic mass is 19.4. The molecule has 0 spiro atoms. The molecule has 1 aliphatic carbocycles. The number of aromatic nitrogens is 2. The van der Waals surface area contributed by atoms with Crippen LogP contribution in [0.4, 0.5) is 18.9 Å². The molecule has 1 saturated carbocycles. The lowest BCUT2D eigenvalue weighted by Gasteiger charge is -2.32. The fourth-order valence-corrected chi connectivity index (χ4v) is 3.99. The van der Waals surface area contributed by atoms with E-state index in [9.17, 15) is 23.2 Å². The summed E-state index contributed by atoms with van der Waals surface area (Å²) in [5.74, 6) is -0.794. The predicted molar refractivity (Wildman–Crippen MR) is 110 cm³/mol. The molecule has 3 aliphatic rings. The lowest BCUT2D eigenvalue weighted by molar-refractivity contribution is -0.141. The molecule has 3 heterocycles. The van der Waals surface area contributed by atoms with E-state index in [1.54, 1.807) is 18.5 Å². The van der Waals surface area contributed by atoms with Gasteiger partial charge in [0.1, 0.15) is 18.9 Å². The molecule has 0 radical (unpaired) electrons. The van der Waals surface area contributed by atoms with E-state index >= 15 is 0 Å². The largest absolute Gasteiger partial charge is 0.445 e. The molecule has 1 aromatic heterocycles. The molecule has 2 aliphatic heterocycles. The van der Waals surface area contributed by atoms with Crippen LogP contribution in [0.15, 0.2) is 41.4 Å². The first-order valence-electron chi connectivity index (χ1n) is 10.2. The molecule has 2 N–H and O–H groups in total. The van der Waals surface area contributed by atoms with Gasteiger partial charge < -0.3 is 15.1 Å². The second-order valence-electron chi connectivity index (χ2n) is 7.77. The highest BCUT2D eigenvalue weighted by molar-refractivity contribution is 5.80. The summed E-state index contributed by atoms with van der Waals surface area (Å²) < 4.78 is 43.0. The van der Waals surface area contributed by atoms with Crippen molar-refractivity contribution in [2.75, 3.05) is 11.9 Å². The van der Waals surface area contributed by atoms with E-state index in [0.717, 1.165) is 18.4 Å². The molecule has 2 atom stereocenters. The first-order valence-corrected chi connectivity index (χ1v) is 10.2. The third-order valence-corrected chi connectivity index (χ3v) is 5.54. The number of carbonyl (C=O) groups is 1. The average Bonchev–Trinajstić information content (AvgIpc) is 3.20. The van der Waals surface area contributed by atoms with E-state index in [1.165, 1.54) is 12.5 Å². The van der Waals surface area contributed by atoms with Gasteiger partial charge in [-0.05, 0) is 25.0 Å². The normalized spacial score (nSPS) is 18.8. The third kappa shape index (κ3) is 4.82. The topological polar surface area (TPSA) is 104 Å². The van der Waals surface area contributed by atoms with E-state index in [2.05, 4.69) is 21.4 Å². The number of hydrogen-bond donors (Lipinski definition) is 2. The van der Waals surface area contributed by atoms with E-state index in [0.29, 0.717) is 41.1 Å². The van der Waals surface area contributed by atoms with Gasteiger partial charge in [0, 0.05) is 35.8 Å². The van der Waals surface area contributed by atoms with Gasteiger partial charge in [-0.3, -0.25) is 9.78 Å². The second kappa shape index (κ2) is 8.86. The smallest absolute Gasteiger partial charge is 0.405 e. The van der Waals surface area contributed by atoms with Crippen molar-refractivity contribution in [1.29, 1.82) is 5.26 Å². The maximum Gasteiger partial charge on any atom is 0.405 e. The number of hydrogen-bond acceptors (Lipinski definition) is 6. The molecule has 0 saturated heterocycles. The molecule has 1 aromatic rings. The van der Waals surface area contributed by atoms with Crippen LogP contribution in [0.3, 0.4) is 0 Å². The van der Waals surface area contributed by atoms with Crippen LogP contribution >= 0.6 is 0 Å². The number of nitriles is 1. The predicted octanol–water partition coefficient (Wildman–Crippen LogP) is 4.36. The van der Waals surface area contributed by atoms with Gasteiger partial charge in [0.05, 0.1) is 22.7 Å². The fourth-order valence-electron chi connectivity index (χ4n) is 3.99. The molecule has 0 bridgehead atoms. The zero-order valence-electron chi connectivity index (χ0n) is 16.9. The number of fused-ring (bicyclic) bond motifs is 1. The SMILES string of the molecule is N#Cc1cnc2occ(-c3cncc(N[C@@H]4CCCC[C@@H]4C(=O)NCC(F)(F)F)c3)cc1-2. The van der Waals surface area contributed by atoms with E-state index in [4.69, 9.17) is 4.42 Å². The Morgan fingerprint density at radius 1 is 1.19 bits per heavy atom. The van der Waals surface area contributed by atoms with Crippen LogP contribution in [0.2, 0.25) is 0 Å². The Balaban J connectivity index is 1.52. The van der Waals surface area contributed by atoms with Crippen LogP contribution in [0.1, 0.15) is 31.2 Å². The van der Waals surface area contributed by atoms with Crippen molar-refractivity contribution >= 4 is 11.6 Å². The average molecular weight is 443 g/mol. The monoisotopic (exact) mass is 443 g/mol. The second-order valence-corrected chi connectivity index (χ2v) is 7.77. The summed E-state index contributed by atoms with van der Waals surface area (Å²) in [6.07, 6.45) is 4.61. The molecular formula is C22H20F3N5O2. The molecule has 0 aromatic carbocycles. The van der Waals surface area contributed by atoms with Crippen molar-refractivity contribution in [3.8, 4) is 28.7 Å². The molecule has 32 heavy (non-hydrogen) atoms. The Labute approximate surface area is 182 Å². The summed E-state index contributed by atoms with van der Waals surface area (Å²) >= 11 is 0. The van der Waals surface area contributed by atoms with Crippen molar-refractivity contribution in [1.82, 2.24) is 15.3 Å². The van der Waals surface area contributed by atoms with Crippen LogP contribution in [0.25, 0.3) is 22.6 Å². The quantitative estimate of drug-likeness (QED) is 0.607. The zero-order chi connectivity index (χ0) is 22.7. The first kappa shape index (κ1) is 21.6. The number of nitrogens with one attached hydrogen (secondary N) is 2. The Morgan fingerprint density at radius 3 is 2.78 bits per heavy atom. The zero-order valence-corrected chi connectivity index (χ0v) is 16.9. The van der Waals surface area contributed by atoms with E-state index < -0.39 is 24.5 Å². The van der Waals surface area contributed by atoms with Crippen LogP contribution in [-0.4, -0.2) is 34.6 Å². The summed E-state index contributed by atoms with van der Waals surface area (Å²) in [6.45, 7) is -1.33. The van der Waals surface area contributed by atoms with Gasteiger partial charge in [0.15, 0.2) is 0 Å². The molecule has 1 amide bonds. The molecule has 166 valence electrons. The Morgan fingerprint density at radius 2 is 2.00 bits per heavy atom. The minimum atomic E-state index is -4.44. The van der Waals surface area contributed by atoms with Crippen LogP contribution in [0, 0.1) is 17.2 Å². The fraction of sp³-hybridized carbons (Fsp3) is 0.364.